The van der Waals surface area contributed by atoms with Gasteiger partial charge in [-0.1, -0.05) is 18.2 Å². The van der Waals surface area contributed by atoms with Gasteiger partial charge in [0, 0.05) is 17.3 Å². The van der Waals surface area contributed by atoms with Gasteiger partial charge in [0.05, 0.1) is 36.0 Å². The predicted molar refractivity (Wildman–Crippen MR) is 141 cm³/mol. The number of carbonyl (C=O) groups excluding carboxylic acids is 3. The predicted octanol–water partition coefficient (Wildman–Crippen LogP) is 5.10. The molecule has 0 saturated heterocycles. The molecule has 0 radical (unpaired) electrons. The number of amidine groups is 1. The first-order valence-electron chi connectivity index (χ1n) is 12.5. The number of anilines is 1. The number of nitrogens with one attached hydrogen (secondary N) is 1. The maximum absolute atomic E-state index is 13.7. The van der Waals surface area contributed by atoms with E-state index < -0.39 is 59.5 Å². The van der Waals surface area contributed by atoms with E-state index in [-0.39, 0.29) is 22.5 Å². The van der Waals surface area contributed by atoms with Crippen molar-refractivity contribution < 1.29 is 41.8 Å². The summed E-state index contributed by atoms with van der Waals surface area (Å²) < 4.78 is 56.2. The van der Waals surface area contributed by atoms with E-state index in [2.05, 4.69) is 4.74 Å². The monoisotopic (exact) mass is 571 g/mol. The normalized spacial score (nSPS) is 18.0. The van der Waals surface area contributed by atoms with Gasteiger partial charge in [-0.15, -0.1) is 0 Å². The van der Waals surface area contributed by atoms with Gasteiger partial charge >= 0.3 is 24.1 Å². The van der Waals surface area contributed by atoms with E-state index in [0.717, 1.165) is 30.2 Å². The molecular formula is C29H28F3N3O6. The van der Waals surface area contributed by atoms with Crippen LogP contribution < -0.4 is 4.90 Å². The van der Waals surface area contributed by atoms with Crippen LogP contribution in [0, 0.1) is 22.7 Å². The molecule has 1 N–H and O–H groups in total. The fourth-order valence-electron chi connectivity index (χ4n) is 4.53. The van der Waals surface area contributed by atoms with Crippen LogP contribution in [-0.4, -0.2) is 43.1 Å². The average molecular weight is 572 g/mol. The average Bonchev–Trinajstić information content (AvgIpc) is 2.91. The van der Waals surface area contributed by atoms with E-state index in [1.54, 1.807) is 13.8 Å². The Morgan fingerprint density at radius 1 is 1.05 bits per heavy atom. The number of allylic oxidation sites excluding steroid dienone is 1. The Morgan fingerprint density at radius 3 is 2.22 bits per heavy atom. The number of benzene rings is 2. The molecule has 2 unspecified atom stereocenters. The van der Waals surface area contributed by atoms with Crippen molar-refractivity contribution in [3.05, 3.63) is 76.5 Å². The first-order valence-corrected chi connectivity index (χ1v) is 12.5. The number of nitrogens with zero attached hydrogens (tertiary/aromatic N) is 2. The molecule has 3 rings (SSSR count). The molecule has 0 amide bonds. The van der Waals surface area contributed by atoms with Crippen LogP contribution in [0.1, 0.15) is 50.3 Å². The SMILES string of the molecule is COC(=O)[C@H](C)OC(=O)C1=C(C)N(c2cccc(C(F)(F)F)c2)C(=N)C(C(=O)OC(C)C)C1c1ccc(C#N)cc1. The zero-order valence-corrected chi connectivity index (χ0v) is 22.9. The van der Waals surface area contributed by atoms with Crippen molar-refractivity contribution in [1.82, 2.24) is 0 Å². The summed E-state index contributed by atoms with van der Waals surface area (Å²) >= 11 is 0. The molecule has 12 heteroatoms. The molecule has 216 valence electrons. The molecule has 0 saturated carbocycles. The molecule has 1 aliphatic rings. The lowest BCUT2D eigenvalue weighted by atomic mass is 9.75. The van der Waals surface area contributed by atoms with Crippen molar-refractivity contribution >= 4 is 29.4 Å². The van der Waals surface area contributed by atoms with Crippen molar-refractivity contribution in [2.45, 2.75) is 52.0 Å². The zero-order valence-electron chi connectivity index (χ0n) is 22.9. The Bertz CT molecular complexity index is 1430. The molecular weight excluding hydrogens is 543 g/mol. The fraction of sp³-hybridized carbons (Fsp3) is 0.345. The summed E-state index contributed by atoms with van der Waals surface area (Å²) in [5.41, 5.74) is -0.705. The van der Waals surface area contributed by atoms with Gasteiger partial charge in [0.1, 0.15) is 11.8 Å². The molecule has 2 aromatic rings. The minimum atomic E-state index is -4.70. The Kier molecular flexibility index (Phi) is 9.22. The van der Waals surface area contributed by atoms with Crippen LogP contribution in [0.3, 0.4) is 0 Å². The molecule has 0 fully saturated rings. The molecule has 9 nitrogen and oxygen atoms in total. The molecule has 0 bridgehead atoms. The standard InChI is InChI=1S/C29H28F3N3O6/c1-15(2)40-28(38)24-23(19-11-9-18(14-33)10-12-19)22(27(37)41-17(4)26(36)39-5)16(3)35(25(24)34)21-8-6-7-20(13-21)29(30,31)32/h6-13,15,17,23-24,34H,1-5H3/t17-,23?,24?/m0/s1. The van der Waals surface area contributed by atoms with Crippen LogP contribution in [0.5, 0.6) is 0 Å². The highest BCUT2D eigenvalue weighted by Gasteiger charge is 2.48. The minimum Gasteiger partial charge on any atom is -0.466 e. The van der Waals surface area contributed by atoms with Crippen molar-refractivity contribution in [2.24, 2.45) is 5.92 Å². The summed E-state index contributed by atoms with van der Waals surface area (Å²) in [7, 11) is 1.10. The summed E-state index contributed by atoms with van der Waals surface area (Å²) in [5, 5.41) is 18.3. The summed E-state index contributed by atoms with van der Waals surface area (Å²) in [6.45, 7) is 5.84. The number of methoxy groups -OCH3 is 1. The molecule has 1 heterocycles. The van der Waals surface area contributed by atoms with E-state index in [9.17, 15) is 32.8 Å². The second-order valence-corrected chi connectivity index (χ2v) is 9.51. The van der Waals surface area contributed by atoms with Gasteiger partial charge in [0.25, 0.3) is 0 Å². The van der Waals surface area contributed by atoms with E-state index in [1.807, 2.05) is 6.07 Å². The number of ether oxygens (including phenoxy) is 3. The summed E-state index contributed by atoms with van der Waals surface area (Å²) in [5.74, 6) is -5.99. The largest absolute Gasteiger partial charge is 0.466 e. The van der Waals surface area contributed by atoms with E-state index in [0.29, 0.717) is 5.56 Å². The highest BCUT2D eigenvalue weighted by Crippen LogP contribution is 2.44. The lowest BCUT2D eigenvalue weighted by Gasteiger charge is -2.41. The van der Waals surface area contributed by atoms with Gasteiger partial charge in [-0.2, -0.15) is 18.4 Å². The van der Waals surface area contributed by atoms with Crippen LogP contribution >= 0.6 is 0 Å². The second kappa shape index (κ2) is 12.2. The number of alkyl halides is 3. The number of rotatable bonds is 7. The molecule has 0 aromatic heterocycles. The van der Waals surface area contributed by atoms with Gasteiger partial charge < -0.3 is 19.1 Å². The number of halogens is 3. The van der Waals surface area contributed by atoms with E-state index in [1.165, 1.54) is 44.2 Å². The topological polar surface area (TPSA) is 130 Å². The Balaban J connectivity index is 2.33. The number of hydrogen-bond donors (Lipinski definition) is 1. The van der Waals surface area contributed by atoms with Crippen LogP contribution in [0.2, 0.25) is 0 Å². The zero-order chi connectivity index (χ0) is 30.6. The third-order valence-electron chi connectivity index (χ3n) is 6.38. The summed E-state index contributed by atoms with van der Waals surface area (Å²) in [4.78, 5) is 40.3. The third-order valence-corrected chi connectivity index (χ3v) is 6.38. The lowest BCUT2D eigenvalue weighted by molar-refractivity contribution is -0.162. The lowest BCUT2D eigenvalue weighted by Crippen LogP contribution is -2.49. The second-order valence-electron chi connectivity index (χ2n) is 9.51. The van der Waals surface area contributed by atoms with Crippen LogP contribution in [-0.2, 0) is 34.8 Å². The highest BCUT2D eigenvalue weighted by atomic mass is 19.4. The molecule has 1 aliphatic heterocycles. The van der Waals surface area contributed by atoms with Crippen molar-refractivity contribution in [3.8, 4) is 6.07 Å². The van der Waals surface area contributed by atoms with Gasteiger partial charge in [0.2, 0.25) is 0 Å². The molecule has 0 spiro atoms. The first-order chi connectivity index (χ1) is 19.2. The Hall–Kier alpha value is -4.66. The summed E-state index contributed by atoms with van der Waals surface area (Å²) in [6, 6.07) is 12.0. The Morgan fingerprint density at radius 2 is 1.68 bits per heavy atom. The smallest absolute Gasteiger partial charge is 0.416 e. The van der Waals surface area contributed by atoms with E-state index >= 15 is 0 Å². The molecule has 41 heavy (non-hydrogen) atoms. The highest BCUT2D eigenvalue weighted by molar-refractivity contribution is 6.14. The number of hydrogen-bond acceptors (Lipinski definition) is 8. The first kappa shape index (κ1) is 30.9. The van der Waals surface area contributed by atoms with Crippen LogP contribution in [0.25, 0.3) is 0 Å². The van der Waals surface area contributed by atoms with Gasteiger partial charge in [-0.25, -0.2) is 9.59 Å². The van der Waals surface area contributed by atoms with Gasteiger partial charge in [-0.05, 0) is 63.6 Å². The molecule has 2 aromatic carbocycles. The van der Waals surface area contributed by atoms with Crippen molar-refractivity contribution in [2.75, 3.05) is 12.0 Å². The van der Waals surface area contributed by atoms with Gasteiger partial charge in [0.15, 0.2) is 6.10 Å². The molecule has 0 aliphatic carbocycles. The minimum absolute atomic E-state index is 0.000605. The van der Waals surface area contributed by atoms with Crippen LogP contribution in [0.4, 0.5) is 18.9 Å². The number of esters is 3. The quantitative estimate of drug-likeness (QED) is 0.359. The van der Waals surface area contributed by atoms with Crippen LogP contribution in [0.15, 0.2) is 59.8 Å². The fourth-order valence-corrected chi connectivity index (χ4v) is 4.53. The Labute approximate surface area is 234 Å². The maximum Gasteiger partial charge on any atom is 0.416 e. The summed E-state index contributed by atoms with van der Waals surface area (Å²) in [6.07, 6.45) is -6.69. The van der Waals surface area contributed by atoms with Crippen molar-refractivity contribution in [3.63, 3.8) is 0 Å². The van der Waals surface area contributed by atoms with E-state index in [4.69, 9.17) is 14.9 Å². The van der Waals surface area contributed by atoms with Crippen molar-refractivity contribution in [1.29, 1.82) is 10.7 Å². The maximum atomic E-state index is 13.7. The number of nitriles is 1. The molecule has 3 atom stereocenters. The number of carbonyl (C=O) groups is 3. The third kappa shape index (κ3) is 6.57. The van der Waals surface area contributed by atoms with Gasteiger partial charge in [-0.3, -0.25) is 10.2 Å².